The van der Waals surface area contributed by atoms with Crippen LogP contribution in [0.15, 0.2) is 128 Å². The van der Waals surface area contributed by atoms with Gasteiger partial charge in [-0.1, -0.05) is 109 Å². The fourth-order valence-electron chi connectivity index (χ4n) is 5.28. The van der Waals surface area contributed by atoms with E-state index in [1.807, 2.05) is 6.20 Å². The van der Waals surface area contributed by atoms with E-state index in [1.54, 1.807) is 0 Å². The van der Waals surface area contributed by atoms with Crippen LogP contribution in [0.25, 0.3) is 65.5 Å². The third-order valence-electron chi connectivity index (χ3n) is 6.86. The Bertz CT molecular complexity index is 1670. The van der Waals surface area contributed by atoms with Crippen molar-refractivity contribution in [3.63, 3.8) is 0 Å². The largest absolute Gasteiger partial charge is 0.256 e. The van der Waals surface area contributed by atoms with Crippen LogP contribution in [-0.4, -0.2) is 4.98 Å². The minimum atomic E-state index is 1.01. The molecule has 0 N–H and O–H groups in total. The average molecular weight is 432 g/mol. The van der Waals surface area contributed by atoms with E-state index >= 15 is 0 Å². The fourth-order valence-corrected chi connectivity index (χ4v) is 5.28. The predicted octanol–water partition coefficient (Wildman–Crippen LogP) is 9.03. The van der Waals surface area contributed by atoms with Crippen LogP contribution in [0, 0.1) is 0 Å². The van der Waals surface area contributed by atoms with Crippen molar-refractivity contribution in [3.05, 3.63) is 128 Å². The maximum Gasteiger partial charge on any atom is 0.0720 e. The highest BCUT2D eigenvalue weighted by Crippen LogP contribution is 2.43. The first-order valence-electron chi connectivity index (χ1n) is 11.6. The molecular weight excluding hydrogens is 410 g/mol. The lowest BCUT2D eigenvalue weighted by molar-refractivity contribution is 1.37. The van der Waals surface area contributed by atoms with Crippen LogP contribution >= 0.6 is 0 Å². The van der Waals surface area contributed by atoms with Gasteiger partial charge in [-0.3, -0.25) is 4.98 Å². The van der Waals surface area contributed by atoms with Gasteiger partial charge in [0.2, 0.25) is 0 Å². The van der Waals surface area contributed by atoms with Gasteiger partial charge in [0.25, 0.3) is 0 Å². The van der Waals surface area contributed by atoms with Gasteiger partial charge < -0.3 is 0 Å². The van der Waals surface area contributed by atoms with Gasteiger partial charge in [-0.15, -0.1) is 0 Å². The number of aromatic nitrogens is 1. The SMILES string of the molecule is c1ccc2cc(-c3c4ccccc4c(-c4cc5ccccc5cn4)c4ccccc34)ccc2c1. The van der Waals surface area contributed by atoms with E-state index in [2.05, 4.69) is 121 Å². The third kappa shape index (κ3) is 2.91. The zero-order chi connectivity index (χ0) is 22.5. The summed E-state index contributed by atoms with van der Waals surface area (Å²) in [6.45, 7) is 0. The lowest BCUT2D eigenvalue weighted by atomic mass is 9.86. The van der Waals surface area contributed by atoms with E-state index in [-0.39, 0.29) is 0 Å². The summed E-state index contributed by atoms with van der Waals surface area (Å²) in [4.78, 5) is 4.92. The van der Waals surface area contributed by atoms with Crippen LogP contribution in [0.3, 0.4) is 0 Å². The number of hydrogen-bond acceptors (Lipinski definition) is 1. The van der Waals surface area contributed by atoms with E-state index in [1.165, 1.54) is 54.4 Å². The highest BCUT2D eigenvalue weighted by molar-refractivity contribution is 6.21. The Labute approximate surface area is 197 Å². The molecule has 7 aromatic rings. The molecule has 1 nitrogen and oxygen atoms in total. The minimum absolute atomic E-state index is 1.01. The van der Waals surface area contributed by atoms with Crippen LogP contribution in [-0.2, 0) is 0 Å². The molecule has 34 heavy (non-hydrogen) atoms. The summed E-state index contributed by atoms with van der Waals surface area (Å²) in [5.74, 6) is 0. The van der Waals surface area contributed by atoms with Crippen molar-refractivity contribution in [2.75, 3.05) is 0 Å². The summed E-state index contributed by atoms with van der Waals surface area (Å²) in [6.07, 6.45) is 1.99. The van der Waals surface area contributed by atoms with Crippen molar-refractivity contribution < 1.29 is 0 Å². The van der Waals surface area contributed by atoms with Crippen molar-refractivity contribution >= 4 is 43.1 Å². The van der Waals surface area contributed by atoms with Gasteiger partial charge in [0.05, 0.1) is 5.69 Å². The third-order valence-corrected chi connectivity index (χ3v) is 6.86. The normalized spacial score (nSPS) is 11.5. The van der Waals surface area contributed by atoms with E-state index in [0.29, 0.717) is 0 Å². The van der Waals surface area contributed by atoms with Crippen molar-refractivity contribution in [1.29, 1.82) is 0 Å². The molecule has 0 fully saturated rings. The molecule has 1 aromatic heterocycles. The molecule has 0 radical (unpaired) electrons. The zero-order valence-electron chi connectivity index (χ0n) is 18.6. The number of pyridine rings is 1. The van der Waals surface area contributed by atoms with E-state index in [4.69, 9.17) is 4.98 Å². The maximum atomic E-state index is 4.92. The zero-order valence-corrected chi connectivity index (χ0v) is 18.6. The summed E-state index contributed by atoms with van der Waals surface area (Å²) in [6, 6.07) is 43.5. The number of hydrogen-bond donors (Lipinski definition) is 0. The van der Waals surface area contributed by atoms with Gasteiger partial charge in [0.15, 0.2) is 0 Å². The first-order chi connectivity index (χ1) is 16.9. The molecule has 158 valence electrons. The molecule has 7 rings (SSSR count). The molecule has 1 heteroatoms. The fraction of sp³-hybridized carbons (Fsp3) is 0. The Morgan fingerprint density at radius 2 is 0.882 bits per heavy atom. The number of rotatable bonds is 2. The van der Waals surface area contributed by atoms with Crippen molar-refractivity contribution in [3.8, 4) is 22.4 Å². The second-order valence-corrected chi connectivity index (χ2v) is 8.82. The molecule has 0 saturated carbocycles. The Balaban J connectivity index is 1.61. The quantitative estimate of drug-likeness (QED) is 0.249. The van der Waals surface area contributed by atoms with Crippen LogP contribution in [0.2, 0.25) is 0 Å². The van der Waals surface area contributed by atoms with E-state index in [0.717, 1.165) is 11.1 Å². The van der Waals surface area contributed by atoms with Gasteiger partial charge in [-0.25, -0.2) is 0 Å². The molecule has 0 amide bonds. The van der Waals surface area contributed by atoms with Crippen LogP contribution < -0.4 is 0 Å². The summed E-state index contributed by atoms with van der Waals surface area (Å²) in [5, 5.41) is 9.85. The van der Waals surface area contributed by atoms with Gasteiger partial charge in [0.1, 0.15) is 0 Å². The first-order valence-corrected chi connectivity index (χ1v) is 11.6. The Kier molecular flexibility index (Phi) is 4.22. The summed E-state index contributed by atoms with van der Waals surface area (Å²) >= 11 is 0. The maximum absolute atomic E-state index is 4.92. The van der Waals surface area contributed by atoms with Crippen LogP contribution in [0.5, 0.6) is 0 Å². The van der Waals surface area contributed by atoms with Crippen molar-refractivity contribution in [2.24, 2.45) is 0 Å². The van der Waals surface area contributed by atoms with E-state index < -0.39 is 0 Å². The van der Waals surface area contributed by atoms with Gasteiger partial charge in [-0.2, -0.15) is 0 Å². The highest BCUT2D eigenvalue weighted by atomic mass is 14.7. The van der Waals surface area contributed by atoms with Gasteiger partial charge >= 0.3 is 0 Å². The van der Waals surface area contributed by atoms with Crippen molar-refractivity contribution in [2.45, 2.75) is 0 Å². The number of nitrogens with zero attached hydrogens (tertiary/aromatic N) is 1. The molecule has 6 aromatic carbocycles. The Morgan fingerprint density at radius 1 is 0.382 bits per heavy atom. The molecule has 0 unspecified atom stereocenters. The second-order valence-electron chi connectivity index (χ2n) is 8.82. The molecular formula is C33H21N. The lowest BCUT2D eigenvalue weighted by Crippen LogP contribution is -1.92. The lowest BCUT2D eigenvalue weighted by Gasteiger charge is -2.17. The van der Waals surface area contributed by atoms with Gasteiger partial charge in [0, 0.05) is 17.1 Å². The Morgan fingerprint density at radius 3 is 1.53 bits per heavy atom. The van der Waals surface area contributed by atoms with Crippen LogP contribution in [0.4, 0.5) is 0 Å². The molecule has 0 atom stereocenters. The molecule has 0 saturated heterocycles. The Hall–Kier alpha value is -4.49. The number of benzene rings is 6. The summed E-state index contributed by atoms with van der Waals surface area (Å²) < 4.78 is 0. The molecule has 0 aliphatic carbocycles. The summed E-state index contributed by atoms with van der Waals surface area (Å²) in [7, 11) is 0. The molecule has 0 aliphatic rings. The van der Waals surface area contributed by atoms with Crippen molar-refractivity contribution in [1.82, 2.24) is 4.98 Å². The molecule has 0 bridgehead atoms. The molecule has 1 heterocycles. The predicted molar refractivity (Wildman–Crippen MR) is 145 cm³/mol. The van der Waals surface area contributed by atoms with E-state index in [9.17, 15) is 0 Å². The minimum Gasteiger partial charge on any atom is -0.256 e. The van der Waals surface area contributed by atoms with Crippen LogP contribution in [0.1, 0.15) is 0 Å². The second kappa shape index (κ2) is 7.54. The summed E-state index contributed by atoms with van der Waals surface area (Å²) in [5.41, 5.74) is 4.73. The molecule has 0 aliphatic heterocycles. The average Bonchev–Trinajstić information content (AvgIpc) is 2.91. The first kappa shape index (κ1) is 19.0. The van der Waals surface area contributed by atoms with Gasteiger partial charge in [-0.05, 0) is 61.0 Å². The molecule has 0 spiro atoms. The highest BCUT2D eigenvalue weighted by Gasteiger charge is 2.17. The number of fused-ring (bicyclic) bond motifs is 4. The smallest absolute Gasteiger partial charge is 0.0720 e. The topological polar surface area (TPSA) is 12.9 Å². The monoisotopic (exact) mass is 431 g/mol. The standard InChI is InChI=1S/C33H21N/c1-2-10-23-19-25(18-17-22(23)9-1)32-27-13-5-7-15-29(27)33(30-16-8-6-14-28(30)32)31-20-24-11-3-4-12-26(24)21-34-31/h1-21H.